The molecule has 4 nitrogen and oxygen atoms in total. The lowest BCUT2D eigenvalue weighted by molar-refractivity contribution is 0.111. The number of aldehydes is 2. The lowest BCUT2D eigenvalue weighted by Crippen LogP contribution is -2.09. The quantitative estimate of drug-likeness (QED) is 0.178. The zero-order valence-electron chi connectivity index (χ0n) is 23.0. The van der Waals surface area contributed by atoms with Gasteiger partial charge in [-0.1, -0.05) is 72.8 Å². The molecule has 6 aromatic carbocycles. The summed E-state index contributed by atoms with van der Waals surface area (Å²) in [6, 6.07) is 55.9. The van der Waals surface area contributed by atoms with Crippen molar-refractivity contribution in [2.24, 2.45) is 0 Å². The third kappa shape index (κ3) is 6.87. The Morgan fingerprint density at radius 3 is 0.714 bits per heavy atom. The molecule has 0 spiro atoms. The van der Waals surface area contributed by atoms with Crippen molar-refractivity contribution >= 4 is 46.7 Å². The van der Waals surface area contributed by atoms with Crippen LogP contribution in [-0.4, -0.2) is 12.6 Å². The Bertz CT molecular complexity index is 1460. The molecule has 0 radical (unpaired) electrons. The number of para-hydroxylation sites is 4. The molecule has 0 heterocycles. The van der Waals surface area contributed by atoms with Gasteiger partial charge in [0.15, 0.2) is 0 Å². The Morgan fingerprint density at radius 1 is 0.286 bits per heavy atom. The van der Waals surface area contributed by atoms with E-state index in [4.69, 9.17) is 0 Å². The fraction of sp³-hybridized carbons (Fsp3) is 0. The normalized spacial score (nSPS) is 10.1. The van der Waals surface area contributed by atoms with E-state index in [1.54, 1.807) is 0 Å². The number of rotatable bonds is 8. The van der Waals surface area contributed by atoms with E-state index in [0.717, 1.165) is 46.7 Å². The molecule has 204 valence electrons. The van der Waals surface area contributed by atoms with Crippen LogP contribution in [0.3, 0.4) is 0 Å². The average Bonchev–Trinajstić information content (AvgIpc) is 3.08. The summed E-state index contributed by atoms with van der Waals surface area (Å²) in [4.78, 5) is 26.0. The van der Waals surface area contributed by atoms with Crippen molar-refractivity contribution in [2.45, 2.75) is 0 Å². The fourth-order valence-electron chi connectivity index (χ4n) is 4.61. The maximum atomic E-state index is 10.8. The van der Waals surface area contributed by atoms with Gasteiger partial charge in [-0.05, 0) is 97.1 Å². The summed E-state index contributed by atoms with van der Waals surface area (Å²) < 4.78 is 0. The molecule has 0 saturated heterocycles. The van der Waals surface area contributed by atoms with E-state index in [2.05, 4.69) is 58.3 Å². The SMILES string of the molecule is O=Cc1ccc(N(c2ccccc2)c2ccccc2)cc1.O=Cc1ccc(N(c2ccccc2)c2ccccc2)cc1. The monoisotopic (exact) mass is 546 g/mol. The molecule has 0 aliphatic rings. The summed E-state index contributed by atoms with van der Waals surface area (Å²) in [5.74, 6) is 0. The van der Waals surface area contributed by atoms with Gasteiger partial charge in [-0.15, -0.1) is 0 Å². The van der Waals surface area contributed by atoms with Crippen molar-refractivity contribution in [1.82, 2.24) is 0 Å². The number of carbonyl (C=O) groups is 2. The second kappa shape index (κ2) is 14.1. The molecule has 0 fully saturated rings. The highest BCUT2D eigenvalue weighted by atomic mass is 16.1. The lowest BCUT2D eigenvalue weighted by atomic mass is 10.1. The van der Waals surface area contributed by atoms with Gasteiger partial charge in [-0.2, -0.15) is 0 Å². The van der Waals surface area contributed by atoms with E-state index >= 15 is 0 Å². The Morgan fingerprint density at radius 2 is 0.500 bits per heavy atom. The Hall–Kier alpha value is -5.74. The van der Waals surface area contributed by atoms with Crippen LogP contribution in [0.1, 0.15) is 20.7 Å². The van der Waals surface area contributed by atoms with Gasteiger partial charge in [0, 0.05) is 45.3 Å². The topological polar surface area (TPSA) is 40.6 Å². The minimum absolute atomic E-state index is 0.680. The van der Waals surface area contributed by atoms with Crippen molar-refractivity contribution in [3.8, 4) is 0 Å². The van der Waals surface area contributed by atoms with E-state index < -0.39 is 0 Å². The molecule has 42 heavy (non-hydrogen) atoms. The fourth-order valence-corrected chi connectivity index (χ4v) is 4.61. The van der Waals surface area contributed by atoms with Crippen LogP contribution >= 0.6 is 0 Å². The highest BCUT2D eigenvalue weighted by Gasteiger charge is 2.12. The molecule has 0 bridgehead atoms. The first-order chi connectivity index (χ1) is 20.8. The highest BCUT2D eigenvalue weighted by Crippen LogP contribution is 2.35. The Balaban J connectivity index is 0.000000168. The number of hydrogen-bond donors (Lipinski definition) is 0. The van der Waals surface area contributed by atoms with Gasteiger partial charge in [-0.25, -0.2) is 0 Å². The Kier molecular flexibility index (Phi) is 9.31. The maximum absolute atomic E-state index is 10.8. The Labute approximate surface area is 246 Å². The zero-order chi connectivity index (χ0) is 29.0. The van der Waals surface area contributed by atoms with Gasteiger partial charge in [0.25, 0.3) is 0 Å². The second-order valence-electron chi connectivity index (χ2n) is 9.43. The van der Waals surface area contributed by atoms with Gasteiger partial charge in [0.05, 0.1) is 0 Å². The molecule has 0 aromatic heterocycles. The predicted octanol–water partition coefficient (Wildman–Crippen LogP) is 9.94. The first kappa shape index (κ1) is 27.8. The molecule has 0 aliphatic carbocycles. The van der Waals surface area contributed by atoms with Crippen LogP contribution in [0.5, 0.6) is 0 Å². The van der Waals surface area contributed by atoms with Crippen molar-refractivity contribution in [3.05, 3.63) is 181 Å². The molecule has 6 aromatic rings. The number of anilines is 6. The molecule has 0 saturated carbocycles. The summed E-state index contributed by atoms with van der Waals surface area (Å²) in [7, 11) is 0. The van der Waals surface area contributed by atoms with Crippen LogP contribution in [0, 0.1) is 0 Å². The minimum atomic E-state index is 0.680. The molecule has 6 rings (SSSR count). The molecular weight excluding hydrogens is 516 g/mol. The number of hydrogen-bond acceptors (Lipinski definition) is 4. The van der Waals surface area contributed by atoms with Crippen LogP contribution in [-0.2, 0) is 0 Å². The zero-order valence-corrected chi connectivity index (χ0v) is 23.0. The van der Waals surface area contributed by atoms with Crippen molar-refractivity contribution in [3.63, 3.8) is 0 Å². The molecule has 4 heteroatoms. The standard InChI is InChI=1S/2C19H15NO/c2*21-15-16-11-13-19(14-12-16)20(17-7-3-1-4-8-17)18-9-5-2-6-10-18/h2*1-15H. The average molecular weight is 547 g/mol. The van der Waals surface area contributed by atoms with Crippen molar-refractivity contribution in [2.75, 3.05) is 9.80 Å². The van der Waals surface area contributed by atoms with E-state index in [0.29, 0.717) is 11.1 Å². The largest absolute Gasteiger partial charge is 0.311 e. The lowest BCUT2D eigenvalue weighted by Gasteiger charge is -2.25. The number of benzene rings is 6. The smallest absolute Gasteiger partial charge is 0.150 e. The van der Waals surface area contributed by atoms with Crippen LogP contribution < -0.4 is 9.80 Å². The van der Waals surface area contributed by atoms with Crippen LogP contribution in [0.25, 0.3) is 0 Å². The first-order valence-corrected chi connectivity index (χ1v) is 13.7. The van der Waals surface area contributed by atoms with Gasteiger partial charge in [0.1, 0.15) is 12.6 Å². The number of nitrogens with zero attached hydrogens (tertiary/aromatic N) is 2. The van der Waals surface area contributed by atoms with E-state index in [1.807, 2.05) is 121 Å². The molecule has 0 N–H and O–H groups in total. The third-order valence-corrected chi connectivity index (χ3v) is 6.63. The predicted molar refractivity (Wildman–Crippen MR) is 173 cm³/mol. The highest BCUT2D eigenvalue weighted by molar-refractivity contribution is 5.81. The van der Waals surface area contributed by atoms with Crippen molar-refractivity contribution < 1.29 is 9.59 Å². The first-order valence-electron chi connectivity index (χ1n) is 13.7. The molecule has 0 amide bonds. The maximum Gasteiger partial charge on any atom is 0.150 e. The van der Waals surface area contributed by atoms with Gasteiger partial charge in [-0.3, -0.25) is 9.59 Å². The summed E-state index contributed by atoms with van der Waals surface area (Å²) in [6.45, 7) is 0. The van der Waals surface area contributed by atoms with Crippen LogP contribution in [0.2, 0.25) is 0 Å². The number of carbonyl (C=O) groups excluding carboxylic acids is 2. The molecule has 0 atom stereocenters. The summed E-state index contributed by atoms with van der Waals surface area (Å²) in [5.41, 5.74) is 7.76. The molecular formula is C38H30N2O2. The summed E-state index contributed by atoms with van der Waals surface area (Å²) >= 11 is 0. The van der Waals surface area contributed by atoms with Crippen LogP contribution in [0.4, 0.5) is 34.1 Å². The van der Waals surface area contributed by atoms with E-state index in [9.17, 15) is 9.59 Å². The minimum Gasteiger partial charge on any atom is -0.311 e. The summed E-state index contributed by atoms with van der Waals surface area (Å²) in [6.07, 6.45) is 1.72. The molecule has 0 aliphatic heterocycles. The van der Waals surface area contributed by atoms with Crippen molar-refractivity contribution in [1.29, 1.82) is 0 Å². The molecule has 0 unspecified atom stereocenters. The van der Waals surface area contributed by atoms with Gasteiger partial charge >= 0.3 is 0 Å². The third-order valence-electron chi connectivity index (χ3n) is 6.63. The van der Waals surface area contributed by atoms with E-state index in [1.165, 1.54) is 0 Å². The second-order valence-corrected chi connectivity index (χ2v) is 9.43. The van der Waals surface area contributed by atoms with Crippen LogP contribution in [0.15, 0.2) is 170 Å². The van der Waals surface area contributed by atoms with E-state index in [-0.39, 0.29) is 0 Å². The van der Waals surface area contributed by atoms with Gasteiger partial charge in [0.2, 0.25) is 0 Å². The summed E-state index contributed by atoms with van der Waals surface area (Å²) in [5, 5.41) is 0. The van der Waals surface area contributed by atoms with Gasteiger partial charge < -0.3 is 9.80 Å².